The van der Waals surface area contributed by atoms with E-state index < -0.39 is 5.97 Å². The van der Waals surface area contributed by atoms with Gasteiger partial charge in [-0.3, -0.25) is 4.79 Å². The van der Waals surface area contributed by atoms with Crippen molar-refractivity contribution in [2.75, 3.05) is 26.7 Å². The van der Waals surface area contributed by atoms with Gasteiger partial charge in [-0.1, -0.05) is 6.42 Å². The standard InChI is InChI=1S/C14H25N3O3/c1-17-7-5-11(6-8-17)16-14(20)15-9-10-3-2-4-12(10)13(18)19/h10-12H,2-9H2,1H3,(H,18,19)(H2,15,16,20). The summed E-state index contributed by atoms with van der Waals surface area (Å²) in [5.41, 5.74) is 0. The van der Waals surface area contributed by atoms with Crippen molar-refractivity contribution >= 4 is 12.0 Å². The first kappa shape index (κ1) is 15.1. The summed E-state index contributed by atoms with van der Waals surface area (Å²) in [5.74, 6) is -0.945. The lowest BCUT2D eigenvalue weighted by Gasteiger charge is -2.29. The second-order valence-corrected chi connectivity index (χ2v) is 6.07. The average molecular weight is 283 g/mol. The first-order chi connectivity index (χ1) is 9.56. The van der Waals surface area contributed by atoms with E-state index in [9.17, 15) is 9.59 Å². The summed E-state index contributed by atoms with van der Waals surface area (Å²) in [6, 6.07) is 0.0839. The van der Waals surface area contributed by atoms with Gasteiger partial charge in [-0.25, -0.2) is 4.79 Å². The molecule has 2 atom stereocenters. The highest BCUT2D eigenvalue weighted by molar-refractivity contribution is 5.74. The number of carboxylic acids is 1. The zero-order chi connectivity index (χ0) is 14.5. The van der Waals surface area contributed by atoms with Gasteiger partial charge < -0.3 is 20.6 Å². The van der Waals surface area contributed by atoms with Crippen LogP contribution in [0.5, 0.6) is 0 Å². The maximum atomic E-state index is 11.8. The van der Waals surface area contributed by atoms with E-state index in [1.54, 1.807) is 0 Å². The van der Waals surface area contributed by atoms with E-state index in [2.05, 4.69) is 22.6 Å². The Bertz CT molecular complexity index is 354. The number of piperidine rings is 1. The molecule has 1 saturated heterocycles. The molecule has 3 N–H and O–H groups in total. The van der Waals surface area contributed by atoms with E-state index in [1.807, 2.05) is 0 Å². The van der Waals surface area contributed by atoms with Crippen LogP contribution in [-0.2, 0) is 4.79 Å². The molecule has 0 radical (unpaired) electrons. The van der Waals surface area contributed by atoms with Gasteiger partial charge in [0.1, 0.15) is 0 Å². The number of nitrogens with one attached hydrogen (secondary N) is 2. The zero-order valence-corrected chi connectivity index (χ0v) is 12.1. The van der Waals surface area contributed by atoms with Crippen molar-refractivity contribution in [3.8, 4) is 0 Å². The lowest BCUT2D eigenvalue weighted by molar-refractivity contribution is -0.142. The van der Waals surface area contributed by atoms with Crippen LogP contribution in [0.3, 0.4) is 0 Å². The summed E-state index contributed by atoms with van der Waals surface area (Å²) in [6.45, 7) is 2.48. The molecular formula is C14H25N3O3. The minimum atomic E-state index is -0.731. The Morgan fingerprint density at radius 2 is 1.90 bits per heavy atom. The van der Waals surface area contributed by atoms with Crippen molar-refractivity contribution in [3.63, 3.8) is 0 Å². The number of carbonyl (C=O) groups excluding carboxylic acids is 1. The first-order valence-electron chi connectivity index (χ1n) is 7.52. The van der Waals surface area contributed by atoms with Gasteiger partial charge in [0.2, 0.25) is 0 Å². The normalized spacial score (nSPS) is 28.2. The highest BCUT2D eigenvalue weighted by Crippen LogP contribution is 2.31. The molecule has 0 aromatic heterocycles. The number of carboxylic acid groups (broad SMARTS) is 1. The lowest BCUT2D eigenvalue weighted by atomic mass is 9.96. The lowest BCUT2D eigenvalue weighted by Crippen LogP contribution is -2.48. The second-order valence-electron chi connectivity index (χ2n) is 6.07. The molecule has 114 valence electrons. The van der Waals surface area contributed by atoms with Crippen molar-refractivity contribution in [2.24, 2.45) is 11.8 Å². The van der Waals surface area contributed by atoms with Crippen molar-refractivity contribution in [1.29, 1.82) is 0 Å². The van der Waals surface area contributed by atoms with Gasteiger partial charge in [-0.2, -0.15) is 0 Å². The van der Waals surface area contributed by atoms with Gasteiger partial charge in [-0.05, 0) is 51.7 Å². The monoisotopic (exact) mass is 283 g/mol. The van der Waals surface area contributed by atoms with Crippen molar-refractivity contribution in [1.82, 2.24) is 15.5 Å². The van der Waals surface area contributed by atoms with E-state index in [0.717, 1.165) is 45.2 Å². The summed E-state index contributed by atoms with van der Waals surface area (Å²) in [4.78, 5) is 25.2. The second kappa shape index (κ2) is 6.92. The molecule has 6 heteroatoms. The number of urea groups is 1. The predicted octanol–water partition coefficient (Wildman–Crippen LogP) is 0.881. The predicted molar refractivity (Wildman–Crippen MR) is 75.5 cm³/mol. The zero-order valence-electron chi connectivity index (χ0n) is 12.1. The van der Waals surface area contributed by atoms with Crippen LogP contribution in [0, 0.1) is 11.8 Å². The maximum Gasteiger partial charge on any atom is 0.315 e. The third kappa shape index (κ3) is 4.10. The van der Waals surface area contributed by atoms with Crippen LogP contribution in [0.25, 0.3) is 0 Å². The molecule has 20 heavy (non-hydrogen) atoms. The largest absolute Gasteiger partial charge is 0.481 e. The fourth-order valence-corrected chi connectivity index (χ4v) is 3.22. The summed E-state index contributed by atoms with van der Waals surface area (Å²) < 4.78 is 0. The maximum absolute atomic E-state index is 11.8. The quantitative estimate of drug-likeness (QED) is 0.715. The Morgan fingerprint density at radius 3 is 2.55 bits per heavy atom. The highest BCUT2D eigenvalue weighted by Gasteiger charge is 2.33. The Balaban J connectivity index is 1.68. The molecule has 2 fully saturated rings. The van der Waals surface area contributed by atoms with Crippen LogP contribution in [-0.4, -0.2) is 54.7 Å². The van der Waals surface area contributed by atoms with Gasteiger partial charge in [0, 0.05) is 12.6 Å². The Kier molecular flexibility index (Phi) is 5.23. The fraction of sp³-hybridized carbons (Fsp3) is 0.857. The topological polar surface area (TPSA) is 81.7 Å². The van der Waals surface area contributed by atoms with E-state index in [4.69, 9.17) is 5.11 Å². The van der Waals surface area contributed by atoms with Crippen molar-refractivity contribution in [2.45, 2.75) is 38.1 Å². The van der Waals surface area contributed by atoms with E-state index in [-0.39, 0.29) is 23.9 Å². The van der Waals surface area contributed by atoms with Crippen LogP contribution in [0.2, 0.25) is 0 Å². The minimum Gasteiger partial charge on any atom is -0.481 e. The fourth-order valence-electron chi connectivity index (χ4n) is 3.22. The molecule has 2 rings (SSSR count). The molecule has 2 unspecified atom stereocenters. The van der Waals surface area contributed by atoms with Crippen molar-refractivity contribution in [3.05, 3.63) is 0 Å². The SMILES string of the molecule is CN1CCC(NC(=O)NCC2CCCC2C(=O)O)CC1. The molecule has 1 heterocycles. The van der Waals surface area contributed by atoms with Crippen LogP contribution < -0.4 is 10.6 Å². The van der Waals surface area contributed by atoms with Crippen LogP contribution >= 0.6 is 0 Å². The van der Waals surface area contributed by atoms with Crippen LogP contribution in [0.4, 0.5) is 4.79 Å². The molecule has 0 bridgehead atoms. The van der Waals surface area contributed by atoms with Crippen LogP contribution in [0.1, 0.15) is 32.1 Å². The first-order valence-corrected chi connectivity index (χ1v) is 7.52. The molecular weight excluding hydrogens is 258 g/mol. The van der Waals surface area contributed by atoms with Gasteiger partial charge in [0.15, 0.2) is 0 Å². The van der Waals surface area contributed by atoms with E-state index >= 15 is 0 Å². The molecule has 0 aromatic rings. The Morgan fingerprint density at radius 1 is 1.20 bits per heavy atom. The van der Waals surface area contributed by atoms with E-state index in [1.165, 1.54) is 0 Å². The Labute approximate surface area is 119 Å². The average Bonchev–Trinajstić information content (AvgIpc) is 2.88. The van der Waals surface area contributed by atoms with Crippen molar-refractivity contribution < 1.29 is 14.7 Å². The molecule has 6 nitrogen and oxygen atoms in total. The molecule has 1 aliphatic heterocycles. The minimum absolute atomic E-state index is 0.0794. The summed E-state index contributed by atoms with van der Waals surface area (Å²) >= 11 is 0. The number of rotatable bonds is 4. The smallest absolute Gasteiger partial charge is 0.315 e. The number of amides is 2. The van der Waals surface area contributed by atoms with Crippen LogP contribution in [0.15, 0.2) is 0 Å². The third-order valence-corrected chi connectivity index (χ3v) is 4.55. The summed E-state index contributed by atoms with van der Waals surface area (Å²) in [5, 5.41) is 14.9. The molecule has 0 aromatic carbocycles. The Hall–Kier alpha value is -1.30. The number of carbonyl (C=O) groups is 2. The molecule has 1 saturated carbocycles. The number of likely N-dealkylation sites (tertiary alicyclic amines) is 1. The molecule has 0 spiro atoms. The van der Waals surface area contributed by atoms with Gasteiger partial charge >= 0.3 is 12.0 Å². The summed E-state index contributed by atoms with van der Waals surface area (Å²) in [7, 11) is 2.09. The summed E-state index contributed by atoms with van der Waals surface area (Å²) in [6.07, 6.45) is 4.53. The highest BCUT2D eigenvalue weighted by atomic mass is 16.4. The molecule has 2 amide bonds. The van der Waals surface area contributed by atoms with Gasteiger partial charge in [-0.15, -0.1) is 0 Å². The van der Waals surface area contributed by atoms with Gasteiger partial charge in [0.25, 0.3) is 0 Å². The number of hydrogen-bond donors (Lipinski definition) is 3. The third-order valence-electron chi connectivity index (χ3n) is 4.55. The molecule has 1 aliphatic carbocycles. The van der Waals surface area contributed by atoms with Gasteiger partial charge in [0.05, 0.1) is 5.92 Å². The molecule has 2 aliphatic rings. The van der Waals surface area contributed by atoms with E-state index in [0.29, 0.717) is 6.54 Å². The number of aliphatic carboxylic acids is 1. The number of hydrogen-bond acceptors (Lipinski definition) is 3. The number of nitrogens with zero attached hydrogens (tertiary/aromatic N) is 1.